The van der Waals surface area contributed by atoms with E-state index < -0.39 is 12.0 Å². The molecule has 0 aromatic heterocycles. The van der Waals surface area contributed by atoms with Crippen molar-refractivity contribution in [2.75, 3.05) is 13.1 Å². The number of rotatable bonds is 1. The van der Waals surface area contributed by atoms with E-state index in [2.05, 4.69) is 15.3 Å². The lowest BCUT2D eigenvalue weighted by Gasteiger charge is -2.19. The molecule has 1 unspecified atom stereocenters. The van der Waals surface area contributed by atoms with Gasteiger partial charge in [-0.05, 0) is 18.5 Å². The fraction of sp³-hybridized carbons (Fsp3) is 1.00. The van der Waals surface area contributed by atoms with E-state index in [0.29, 0.717) is 6.54 Å². The van der Waals surface area contributed by atoms with Crippen LogP contribution < -0.4 is 5.32 Å². The van der Waals surface area contributed by atoms with Crippen LogP contribution in [-0.4, -0.2) is 25.1 Å². The Kier molecular flexibility index (Phi) is 2.83. The lowest BCUT2D eigenvalue weighted by molar-refractivity contribution is -0.0275. The zero-order valence-corrected chi connectivity index (χ0v) is 6.50. The zero-order chi connectivity index (χ0) is 9.03. The Balaban J connectivity index is 2.71. The normalized spacial score (nSPS) is 28.7. The van der Waals surface area contributed by atoms with Crippen molar-refractivity contribution >= 4 is 0 Å². The summed E-state index contributed by atoms with van der Waals surface area (Å²) in [6, 6.07) is -1.18. The third-order valence-corrected chi connectivity index (χ3v) is 1.91. The number of nitrogens with one attached hydrogen (secondary N) is 1. The van der Waals surface area contributed by atoms with Crippen LogP contribution in [0.1, 0.15) is 12.8 Å². The molecule has 1 aliphatic rings. The van der Waals surface area contributed by atoms with Gasteiger partial charge in [0.05, 0.1) is 0 Å². The number of nitrogens with zero attached hydrogens (tertiary/aromatic N) is 3. The van der Waals surface area contributed by atoms with E-state index >= 15 is 0 Å². The second-order valence-corrected chi connectivity index (χ2v) is 2.77. The van der Waals surface area contributed by atoms with Gasteiger partial charge >= 0.3 is 0 Å². The Labute approximate surface area is 68.6 Å². The van der Waals surface area contributed by atoms with E-state index in [1.807, 2.05) is 0 Å². The molecule has 0 radical (unpaired) electrons. The van der Waals surface area contributed by atoms with Gasteiger partial charge < -0.3 is 5.32 Å². The van der Waals surface area contributed by atoms with Crippen LogP contribution in [0.5, 0.6) is 0 Å². The molecule has 4 nitrogen and oxygen atoms in total. The molecule has 6 heteroatoms. The van der Waals surface area contributed by atoms with Gasteiger partial charge in [0.1, 0.15) is 6.04 Å². The SMILES string of the molecule is [N-]=[N+]=NC1CCNCCC1(F)F. The molecule has 1 saturated heterocycles. The van der Waals surface area contributed by atoms with Crippen molar-refractivity contribution in [2.45, 2.75) is 24.8 Å². The van der Waals surface area contributed by atoms with Crippen LogP contribution in [0.15, 0.2) is 5.11 Å². The number of alkyl halides is 2. The molecule has 1 N–H and O–H groups in total. The Hall–Kier alpha value is -0.870. The molecule has 0 saturated carbocycles. The summed E-state index contributed by atoms with van der Waals surface area (Å²) in [5, 5.41) is 5.91. The molecule has 12 heavy (non-hydrogen) atoms. The van der Waals surface area contributed by atoms with Gasteiger partial charge in [-0.3, -0.25) is 0 Å². The quantitative estimate of drug-likeness (QED) is 0.369. The third kappa shape index (κ3) is 2.06. The van der Waals surface area contributed by atoms with Crippen molar-refractivity contribution < 1.29 is 8.78 Å². The first kappa shape index (κ1) is 9.22. The molecular formula is C6H10F2N4. The predicted molar refractivity (Wildman–Crippen MR) is 40.0 cm³/mol. The lowest BCUT2D eigenvalue weighted by atomic mass is 10.1. The van der Waals surface area contributed by atoms with Crippen LogP contribution in [-0.2, 0) is 0 Å². The summed E-state index contributed by atoms with van der Waals surface area (Å²) < 4.78 is 26.0. The van der Waals surface area contributed by atoms with Crippen LogP contribution in [0.25, 0.3) is 10.4 Å². The summed E-state index contributed by atoms with van der Waals surface area (Å²) in [7, 11) is 0. The van der Waals surface area contributed by atoms with Crippen LogP contribution in [0.2, 0.25) is 0 Å². The number of azide groups is 1. The van der Waals surface area contributed by atoms with Gasteiger partial charge in [-0.1, -0.05) is 5.11 Å². The standard InChI is InChI=1S/C6H10F2N4/c7-6(8)2-4-10-3-1-5(6)11-12-9/h5,10H,1-4H2. The van der Waals surface area contributed by atoms with Gasteiger partial charge in [0.25, 0.3) is 5.92 Å². The van der Waals surface area contributed by atoms with Gasteiger partial charge in [0.15, 0.2) is 0 Å². The summed E-state index contributed by atoms with van der Waals surface area (Å²) >= 11 is 0. The van der Waals surface area contributed by atoms with Gasteiger partial charge in [0.2, 0.25) is 0 Å². The molecular weight excluding hydrogens is 166 g/mol. The lowest BCUT2D eigenvalue weighted by Crippen LogP contribution is -2.31. The number of hydrogen-bond donors (Lipinski definition) is 1. The predicted octanol–water partition coefficient (Wildman–Crippen LogP) is 1.68. The van der Waals surface area contributed by atoms with Crippen molar-refractivity contribution in [3.8, 4) is 0 Å². The zero-order valence-electron chi connectivity index (χ0n) is 6.50. The van der Waals surface area contributed by atoms with E-state index in [1.165, 1.54) is 0 Å². The summed E-state index contributed by atoms with van der Waals surface area (Å²) in [5.74, 6) is -2.85. The molecule has 0 bridgehead atoms. The molecule has 0 aromatic rings. The molecule has 0 aromatic carbocycles. The van der Waals surface area contributed by atoms with E-state index in [1.54, 1.807) is 0 Å². The minimum Gasteiger partial charge on any atom is -0.316 e. The van der Waals surface area contributed by atoms with Crippen molar-refractivity contribution in [1.29, 1.82) is 0 Å². The maximum atomic E-state index is 13.0. The van der Waals surface area contributed by atoms with Gasteiger partial charge in [-0.25, -0.2) is 8.78 Å². The molecule has 1 atom stereocenters. The van der Waals surface area contributed by atoms with Crippen molar-refractivity contribution in [2.24, 2.45) is 5.11 Å². The van der Waals surface area contributed by atoms with E-state index in [0.717, 1.165) is 0 Å². The highest BCUT2D eigenvalue weighted by molar-refractivity contribution is 4.87. The Morgan fingerprint density at radius 3 is 2.92 bits per heavy atom. The number of halogens is 2. The Morgan fingerprint density at radius 1 is 1.50 bits per heavy atom. The summed E-state index contributed by atoms with van der Waals surface area (Å²) in [5.41, 5.74) is 8.05. The van der Waals surface area contributed by atoms with Crippen LogP contribution in [0, 0.1) is 0 Å². The van der Waals surface area contributed by atoms with E-state index in [4.69, 9.17) is 5.53 Å². The highest BCUT2D eigenvalue weighted by Gasteiger charge is 2.39. The maximum Gasteiger partial charge on any atom is 0.257 e. The molecule has 0 aliphatic carbocycles. The highest BCUT2D eigenvalue weighted by atomic mass is 19.3. The minimum absolute atomic E-state index is 0.205. The van der Waals surface area contributed by atoms with Gasteiger partial charge in [-0.2, -0.15) is 0 Å². The molecule has 0 amide bonds. The Bertz CT molecular complexity index is 200. The first-order valence-corrected chi connectivity index (χ1v) is 3.79. The van der Waals surface area contributed by atoms with Crippen LogP contribution >= 0.6 is 0 Å². The van der Waals surface area contributed by atoms with Crippen LogP contribution in [0.4, 0.5) is 8.78 Å². The smallest absolute Gasteiger partial charge is 0.257 e. The highest BCUT2D eigenvalue weighted by Crippen LogP contribution is 2.28. The third-order valence-electron chi connectivity index (χ3n) is 1.91. The molecule has 68 valence electrons. The van der Waals surface area contributed by atoms with E-state index in [9.17, 15) is 8.78 Å². The van der Waals surface area contributed by atoms with Gasteiger partial charge in [0, 0.05) is 17.9 Å². The maximum absolute atomic E-state index is 13.0. The Morgan fingerprint density at radius 2 is 2.25 bits per heavy atom. The average molecular weight is 176 g/mol. The summed E-state index contributed by atoms with van der Waals surface area (Å²) in [4.78, 5) is 2.41. The molecule has 1 fully saturated rings. The van der Waals surface area contributed by atoms with E-state index in [-0.39, 0.29) is 19.4 Å². The van der Waals surface area contributed by atoms with Crippen molar-refractivity contribution in [1.82, 2.24) is 5.32 Å². The van der Waals surface area contributed by atoms with Crippen LogP contribution in [0.3, 0.4) is 0 Å². The fourth-order valence-electron chi connectivity index (χ4n) is 1.20. The van der Waals surface area contributed by atoms with Crippen molar-refractivity contribution in [3.05, 3.63) is 10.4 Å². The van der Waals surface area contributed by atoms with Crippen molar-refractivity contribution in [3.63, 3.8) is 0 Å². The fourth-order valence-corrected chi connectivity index (χ4v) is 1.20. The first-order valence-electron chi connectivity index (χ1n) is 3.79. The molecule has 1 rings (SSSR count). The number of hydrogen-bond acceptors (Lipinski definition) is 2. The monoisotopic (exact) mass is 176 g/mol. The van der Waals surface area contributed by atoms with Gasteiger partial charge in [-0.15, -0.1) is 0 Å². The first-order chi connectivity index (χ1) is 5.67. The minimum atomic E-state index is -2.85. The summed E-state index contributed by atoms with van der Waals surface area (Å²) in [6.45, 7) is 0.768. The largest absolute Gasteiger partial charge is 0.316 e. The second kappa shape index (κ2) is 3.69. The molecule has 1 heterocycles. The second-order valence-electron chi connectivity index (χ2n) is 2.77. The molecule has 1 aliphatic heterocycles. The summed E-state index contributed by atoms with van der Waals surface area (Å²) in [6.07, 6.45) is -0.0479. The average Bonchev–Trinajstić information content (AvgIpc) is 2.15. The molecule has 0 spiro atoms. The topological polar surface area (TPSA) is 60.8 Å².